The molecule has 0 atom stereocenters. The van der Waals surface area contributed by atoms with Gasteiger partial charge in [-0.05, 0) is 29.8 Å². The summed E-state index contributed by atoms with van der Waals surface area (Å²) in [5.74, 6) is 0.309. The molecular formula is C15H19N3O2S. The minimum absolute atomic E-state index is 0.233. The topological polar surface area (TPSA) is 71.1 Å². The lowest BCUT2D eigenvalue weighted by Crippen LogP contribution is -2.22. The second kappa shape index (κ2) is 6.69. The van der Waals surface area contributed by atoms with Crippen molar-refractivity contribution >= 4 is 15.8 Å². The van der Waals surface area contributed by atoms with Gasteiger partial charge in [-0.15, -0.1) is 0 Å². The molecule has 0 spiro atoms. The highest BCUT2D eigenvalue weighted by molar-refractivity contribution is 7.92. The molecule has 1 aromatic carbocycles. The van der Waals surface area contributed by atoms with Crippen molar-refractivity contribution in [1.82, 2.24) is 10.3 Å². The normalized spacial score (nSPS) is 11.6. The number of hydrogen-bond acceptors (Lipinski definition) is 4. The first kappa shape index (κ1) is 15.5. The average Bonchev–Trinajstić information content (AvgIpc) is 2.46. The highest BCUT2D eigenvalue weighted by Crippen LogP contribution is 2.15. The molecule has 0 bridgehead atoms. The molecule has 0 radical (unpaired) electrons. The molecule has 21 heavy (non-hydrogen) atoms. The Bertz CT molecular complexity index is 685. The van der Waals surface area contributed by atoms with Crippen LogP contribution < -0.4 is 10.0 Å². The molecule has 0 fully saturated rings. The molecule has 112 valence electrons. The second-order valence-electron chi connectivity index (χ2n) is 5.00. The first-order valence-corrected chi connectivity index (χ1v) is 8.22. The highest BCUT2D eigenvalue weighted by Gasteiger charge is 2.15. The molecule has 1 aromatic heterocycles. The van der Waals surface area contributed by atoms with Gasteiger partial charge < -0.3 is 5.32 Å². The van der Waals surface area contributed by atoms with E-state index in [1.165, 1.54) is 0 Å². The van der Waals surface area contributed by atoms with Crippen LogP contribution >= 0.6 is 0 Å². The van der Waals surface area contributed by atoms with Gasteiger partial charge in [0, 0.05) is 18.8 Å². The lowest BCUT2D eigenvalue weighted by atomic mass is 10.2. The first-order chi connectivity index (χ1) is 9.97. The number of nitrogens with zero attached hydrogens (tertiary/aromatic N) is 1. The fraction of sp³-hybridized carbons (Fsp3) is 0.267. The van der Waals surface area contributed by atoms with Crippen molar-refractivity contribution in [2.45, 2.75) is 31.3 Å². The van der Waals surface area contributed by atoms with Gasteiger partial charge in [0.05, 0.1) is 4.90 Å². The van der Waals surface area contributed by atoms with E-state index >= 15 is 0 Å². The zero-order valence-electron chi connectivity index (χ0n) is 12.1. The van der Waals surface area contributed by atoms with Crippen LogP contribution in [0.3, 0.4) is 0 Å². The summed E-state index contributed by atoms with van der Waals surface area (Å²) < 4.78 is 27.1. The first-order valence-electron chi connectivity index (χ1n) is 6.73. The largest absolute Gasteiger partial charge is 0.310 e. The highest BCUT2D eigenvalue weighted by atomic mass is 32.2. The summed E-state index contributed by atoms with van der Waals surface area (Å²) in [6.45, 7) is 4.72. The van der Waals surface area contributed by atoms with E-state index in [9.17, 15) is 8.42 Å². The Balaban J connectivity index is 2.18. The van der Waals surface area contributed by atoms with Gasteiger partial charge in [0.25, 0.3) is 10.0 Å². The van der Waals surface area contributed by atoms with E-state index in [-0.39, 0.29) is 4.90 Å². The quantitative estimate of drug-likeness (QED) is 0.859. The van der Waals surface area contributed by atoms with Gasteiger partial charge >= 0.3 is 0 Å². The zero-order valence-corrected chi connectivity index (χ0v) is 12.9. The van der Waals surface area contributed by atoms with E-state index in [1.807, 2.05) is 19.9 Å². The van der Waals surface area contributed by atoms with Crippen molar-refractivity contribution in [1.29, 1.82) is 0 Å². The third-order valence-corrected chi connectivity index (χ3v) is 4.18. The summed E-state index contributed by atoms with van der Waals surface area (Å²) in [6, 6.07) is 12.3. The van der Waals surface area contributed by atoms with Gasteiger partial charge in [-0.25, -0.2) is 13.4 Å². The van der Waals surface area contributed by atoms with Crippen molar-refractivity contribution in [3.05, 3.63) is 54.2 Å². The molecular weight excluding hydrogens is 286 g/mol. The molecule has 0 saturated heterocycles. The van der Waals surface area contributed by atoms with Crippen LogP contribution in [0.4, 0.5) is 5.82 Å². The van der Waals surface area contributed by atoms with E-state index in [0.717, 1.165) is 5.56 Å². The van der Waals surface area contributed by atoms with Crippen molar-refractivity contribution in [3.63, 3.8) is 0 Å². The van der Waals surface area contributed by atoms with Gasteiger partial charge in [-0.2, -0.15) is 0 Å². The molecule has 2 N–H and O–H groups in total. The van der Waals surface area contributed by atoms with Crippen molar-refractivity contribution in [2.24, 2.45) is 0 Å². The van der Waals surface area contributed by atoms with Gasteiger partial charge in [0.1, 0.15) is 5.82 Å². The average molecular weight is 305 g/mol. The maximum Gasteiger partial charge on any atom is 0.263 e. The standard InChI is InChI=1S/C15H19N3O2S/c1-12(2)17-11-13-6-5-7-14(10-13)21(19,20)18-15-8-3-4-9-16-15/h3-10,12,17H,11H2,1-2H3,(H,16,18). The van der Waals surface area contributed by atoms with Gasteiger partial charge in [0.2, 0.25) is 0 Å². The van der Waals surface area contributed by atoms with Crippen molar-refractivity contribution in [2.75, 3.05) is 4.72 Å². The van der Waals surface area contributed by atoms with Crippen LogP contribution in [0.25, 0.3) is 0 Å². The summed E-state index contributed by atoms with van der Waals surface area (Å²) in [5, 5.41) is 3.26. The van der Waals surface area contributed by atoms with Crippen LogP contribution in [0.1, 0.15) is 19.4 Å². The van der Waals surface area contributed by atoms with E-state index < -0.39 is 10.0 Å². The fourth-order valence-corrected chi connectivity index (χ4v) is 2.84. The van der Waals surface area contributed by atoms with E-state index in [4.69, 9.17) is 0 Å². The van der Waals surface area contributed by atoms with Gasteiger partial charge in [-0.1, -0.05) is 32.0 Å². The number of hydrogen-bond donors (Lipinski definition) is 2. The number of rotatable bonds is 6. The maximum absolute atomic E-state index is 12.3. The molecule has 0 aliphatic heterocycles. The molecule has 0 aliphatic rings. The van der Waals surface area contributed by atoms with Crippen molar-refractivity contribution in [3.8, 4) is 0 Å². The summed E-state index contributed by atoms with van der Waals surface area (Å²) in [7, 11) is -3.61. The van der Waals surface area contributed by atoms with Crippen LogP contribution in [0.15, 0.2) is 53.6 Å². The lowest BCUT2D eigenvalue weighted by Gasteiger charge is -2.10. The Morgan fingerprint density at radius 3 is 2.62 bits per heavy atom. The molecule has 0 saturated carbocycles. The van der Waals surface area contributed by atoms with E-state index in [2.05, 4.69) is 15.0 Å². The number of sulfonamides is 1. The molecule has 1 heterocycles. The van der Waals surface area contributed by atoms with Crippen LogP contribution in [0, 0.1) is 0 Å². The number of pyridine rings is 1. The SMILES string of the molecule is CC(C)NCc1cccc(S(=O)(=O)Nc2ccccn2)c1. The summed E-state index contributed by atoms with van der Waals surface area (Å²) in [4.78, 5) is 4.20. The molecule has 0 aliphatic carbocycles. The van der Waals surface area contributed by atoms with Crippen LogP contribution in [-0.2, 0) is 16.6 Å². The minimum atomic E-state index is -3.61. The minimum Gasteiger partial charge on any atom is -0.310 e. The zero-order chi connectivity index (χ0) is 15.3. The Morgan fingerprint density at radius 1 is 1.14 bits per heavy atom. The third-order valence-electron chi connectivity index (χ3n) is 2.83. The Labute approximate surface area is 125 Å². The predicted molar refractivity (Wildman–Crippen MR) is 83.5 cm³/mol. The monoisotopic (exact) mass is 305 g/mol. The number of aromatic nitrogens is 1. The molecule has 0 unspecified atom stereocenters. The van der Waals surface area contributed by atoms with Crippen LogP contribution in [0.2, 0.25) is 0 Å². The smallest absolute Gasteiger partial charge is 0.263 e. The Kier molecular flexibility index (Phi) is 4.93. The molecule has 5 nitrogen and oxygen atoms in total. The van der Waals surface area contributed by atoms with Gasteiger partial charge in [-0.3, -0.25) is 4.72 Å². The Morgan fingerprint density at radius 2 is 1.95 bits per heavy atom. The van der Waals surface area contributed by atoms with E-state index in [1.54, 1.807) is 42.6 Å². The van der Waals surface area contributed by atoms with Gasteiger partial charge in [0.15, 0.2) is 0 Å². The maximum atomic E-state index is 12.3. The van der Waals surface area contributed by atoms with Crippen LogP contribution in [-0.4, -0.2) is 19.4 Å². The second-order valence-corrected chi connectivity index (χ2v) is 6.69. The van der Waals surface area contributed by atoms with Crippen molar-refractivity contribution < 1.29 is 8.42 Å². The number of benzene rings is 1. The molecule has 6 heteroatoms. The van der Waals surface area contributed by atoms with E-state index in [0.29, 0.717) is 18.4 Å². The van der Waals surface area contributed by atoms with Crippen LogP contribution in [0.5, 0.6) is 0 Å². The predicted octanol–water partition coefficient (Wildman–Crippen LogP) is 2.38. The summed E-state index contributed by atoms with van der Waals surface area (Å²) >= 11 is 0. The fourth-order valence-electron chi connectivity index (χ4n) is 1.76. The summed E-state index contributed by atoms with van der Waals surface area (Å²) in [5.41, 5.74) is 0.924. The summed E-state index contributed by atoms with van der Waals surface area (Å²) in [6.07, 6.45) is 1.54. The molecule has 0 amide bonds. The third kappa shape index (κ3) is 4.54. The Hall–Kier alpha value is -1.92. The molecule has 2 rings (SSSR count). The molecule has 2 aromatic rings. The number of anilines is 1. The lowest BCUT2D eigenvalue weighted by molar-refractivity contribution is 0.587. The number of nitrogens with one attached hydrogen (secondary N) is 2.